The van der Waals surface area contributed by atoms with Gasteiger partial charge in [-0.1, -0.05) is 72.1 Å². The second-order valence-corrected chi connectivity index (χ2v) is 8.37. The summed E-state index contributed by atoms with van der Waals surface area (Å²) in [6.07, 6.45) is 11.1. The molecule has 186 valence electrons. The molecule has 1 aliphatic heterocycles. The first-order valence-electron chi connectivity index (χ1n) is 13.0. The highest BCUT2D eigenvalue weighted by Crippen LogP contribution is 2.45. The molecule has 1 aliphatic carbocycles. The second-order valence-electron chi connectivity index (χ2n) is 8.37. The predicted octanol–water partition coefficient (Wildman–Crippen LogP) is 7.61. The Bertz CT molecular complexity index is 1070. The van der Waals surface area contributed by atoms with Crippen LogP contribution in [-0.2, 0) is 11.3 Å². The van der Waals surface area contributed by atoms with Crippen LogP contribution in [0.5, 0.6) is 0 Å². The van der Waals surface area contributed by atoms with Crippen LogP contribution < -0.4 is 0 Å². The van der Waals surface area contributed by atoms with Gasteiger partial charge in [0, 0.05) is 23.7 Å². The van der Waals surface area contributed by atoms with Gasteiger partial charge in [0.1, 0.15) is 6.54 Å². The summed E-state index contributed by atoms with van der Waals surface area (Å²) in [5.41, 5.74) is 5.53. The lowest BCUT2D eigenvalue weighted by Crippen LogP contribution is -2.27. The Morgan fingerprint density at radius 2 is 1.76 bits per heavy atom. The molecule has 0 spiro atoms. The monoisotopic (exact) mass is 466 g/mol. The van der Waals surface area contributed by atoms with Gasteiger partial charge in [-0.2, -0.15) is 0 Å². The third kappa shape index (κ3) is 5.13. The molecule has 1 N–H and O–H groups in total. The number of benzene rings is 1. The van der Waals surface area contributed by atoms with Crippen LogP contribution in [0.4, 0.5) is 0 Å². The van der Waals surface area contributed by atoms with Crippen LogP contribution >= 0.6 is 0 Å². The molecule has 1 amide bonds. The van der Waals surface area contributed by atoms with E-state index in [2.05, 4.69) is 17.6 Å². The van der Waals surface area contributed by atoms with Crippen molar-refractivity contribution in [3.8, 4) is 0 Å². The van der Waals surface area contributed by atoms with E-state index in [-0.39, 0.29) is 18.0 Å². The predicted molar refractivity (Wildman–Crippen MR) is 142 cm³/mol. The van der Waals surface area contributed by atoms with Crippen molar-refractivity contribution in [1.29, 1.82) is 0 Å². The molecule has 5 heteroatoms. The minimum Gasteiger partial charge on any atom is -0.478 e. The number of hydrogen-bond donors (Lipinski definition) is 1. The fourth-order valence-corrected chi connectivity index (χ4v) is 5.20. The van der Waals surface area contributed by atoms with Crippen LogP contribution in [-0.4, -0.2) is 33.5 Å². The SMILES string of the molecule is C/C=C1\C(=C/CC)c2c(C3CCCCC3)c3ccc(C(=O)O)cc3n2CC(=O)N1C.CC.CC. The second kappa shape index (κ2) is 12.6. The molecule has 1 aromatic carbocycles. The quantitative estimate of drug-likeness (QED) is 0.506. The van der Waals surface area contributed by atoms with Crippen LogP contribution in [0.15, 0.2) is 36.0 Å². The van der Waals surface area contributed by atoms with E-state index in [1.165, 1.54) is 24.8 Å². The van der Waals surface area contributed by atoms with E-state index in [0.29, 0.717) is 5.92 Å². The first-order valence-corrected chi connectivity index (χ1v) is 13.0. The smallest absolute Gasteiger partial charge is 0.335 e. The maximum absolute atomic E-state index is 13.1. The number of carbonyl (C=O) groups excluding carboxylic acids is 1. The minimum absolute atomic E-state index is 0.0108. The number of allylic oxidation sites excluding steroid dienone is 3. The summed E-state index contributed by atoms with van der Waals surface area (Å²) in [4.78, 5) is 26.5. The molecule has 0 atom stereocenters. The number of amides is 1. The first kappa shape index (κ1) is 27.4. The van der Waals surface area contributed by atoms with Gasteiger partial charge in [-0.3, -0.25) is 4.79 Å². The van der Waals surface area contributed by atoms with Crippen molar-refractivity contribution in [3.63, 3.8) is 0 Å². The zero-order chi connectivity index (χ0) is 25.4. The number of likely N-dealkylation sites (N-methyl/N-ethyl adjacent to an activating group) is 1. The summed E-state index contributed by atoms with van der Waals surface area (Å²) in [5.74, 6) is -0.496. The lowest BCUT2D eigenvalue weighted by atomic mass is 9.81. The fraction of sp³-hybridized carbons (Fsp3) is 0.517. The Hall–Kier alpha value is -2.82. The van der Waals surface area contributed by atoms with E-state index >= 15 is 0 Å². The summed E-state index contributed by atoms with van der Waals surface area (Å²) in [7, 11) is 1.83. The molecule has 0 saturated heterocycles. The Balaban J connectivity index is 0.000000970. The van der Waals surface area contributed by atoms with E-state index in [1.807, 2.05) is 53.8 Å². The Morgan fingerprint density at radius 3 is 2.32 bits per heavy atom. The third-order valence-corrected chi connectivity index (χ3v) is 6.61. The van der Waals surface area contributed by atoms with Crippen molar-refractivity contribution in [2.75, 3.05) is 7.05 Å². The highest BCUT2D eigenvalue weighted by molar-refractivity contribution is 6.01. The average Bonchev–Trinajstić information content (AvgIpc) is 3.14. The molecule has 2 aromatic rings. The Labute approximate surface area is 205 Å². The van der Waals surface area contributed by atoms with Gasteiger partial charge in [0.2, 0.25) is 5.91 Å². The van der Waals surface area contributed by atoms with Crippen LogP contribution in [0.3, 0.4) is 0 Å². The topological polar surface area (TPSA) is 62.5 Å². The van der Waals surface area contributed by atoms with E-state index in [0.717, 1.165) is 47.1 Å². The number of aromatic nitrogens is 1. The normalized spacial score (nSPS) is 18.7. The van der Waals surface area contributed by atoms with Crippen molar-refractivity contribution >= 4 is 28.4 Å². The van der Waals surface area contributed by atoms with E-state index in [9.17, 15) is 14.7 Å². The molecule has 5 nitrogen and oxygen atoms in total. The molecule has 0 bridgehead atoms. The van der Waals surface area contributed by atoms with E-state index < -0.39 is 5.97 Å². The van der Waals surface area contributed by atoms with Gasteiger partial charge >= 0.3 is 5.97 Å². The molecule has 0 unspecified atom stereocenters. The molecule has 34 heavy (non-hydrogen) atoms. The number of carboxylic acids is 1. The molecule has 1 fully saturated rings. The van der Waals surface area contributed by atoms with Crippen LogP contribution in [0, 0.1) is 0 Å². The minimum atomic E-state index is -0.942. The van der Waals surface area contributed by atoms with Crippen molar-refractivity contribution in [3.05, 3.63) is 52.9 Å². The Kier molecular flexibility index (Phi) is 10.2. The van der Waals surface area contributed by atoms with Gasteiger partial charge in [-0.05, 0) is 49.8 Å². The summed E-state index contributed by atoms with van der Waals surface area (Å²) in [6, 6.07) is 5.40. The molecule has 0 radical (unpaired) electrons. The summed E-state index contributed by atoms with van der Waals surface area (Å²) in [5, 5.41) is 10.7. The third-order valence-electron chi connectivity index (χ3n) is 6.61. The van der Waals surface area contributed by atoms with Crippen molar-refractivity contribution in [2.24, 2.45) is 0 Å². The van der Waals surface area contributed by atoms with Crippen molar-refractivity contribution in [1.82, 2.24) is 9.47 Å². The average molecular weight is 467 g/mol. The van der Waals surface area contributed by atoms with Crippen LogP contribution in [0.1, 0.15) is 108 Å². The number of fused-ring (bicyclic) bond motifs is 3. The van der Waals surface area contributed by atoms with Crippen molar-refractivity contribution < 1.29 is 14.7 Å². The summed E-state index contributed by atoms with van der Waals surface area (Å²) >= 11 is 0. The first-order chi connectivity index (χ1) is 16.5. The Morgan fingerprint density at radius 1 is 1.12 bits per heavy atom. The van der Waals surface area contributed by atoms with E-state index in [1.54, 1.807) is 17.0 Å². The zero-order valence-corrected chi connectivity index (χ0v) is 22.1. The lowest BCUT2D eigenvalue weighted by molar-refractivity contribution is -0.128. The standard InChI is InChI=1S/C25H30N2O3.2C2H6/c1-4-9-19-20(5-2)26(3)22(28)15-27-21-14-17(25(29)30)12-13-18(21)23(24(19)27)16-10-7-6-8-11-16;2*1-2/h5,9,12-14,16H,4,6-8,10-11,15H2,1-3H3,(H,29,30);2*1-2H3/b19-9+,20-5+;;. The number of hydrogen-bond acceptors (Lipinski definition) is 2. The maximum atomic E-state index is 13.1. The van der Waals surface area contributed by atoms with Gasteiger partial charge in [-0.25, -0.2) is 4.79 Å². The lowest BCUT2D eigenvalue weighted by Gasteiger charge is -2.25. The number of carboxylic acid groups (broad SMARTS) is 1. The summed E-state index contributed by atoms with van der Waals surface area (Å²) < 4.78 is 2.07. The molecule has 1 saturated carbocycles. The highest BCUT2D eigenvalue weighted by atomic mass is 16.4. The van der Waals surface area contributed by atoms with Gasteiger partial charge in [-0.15, -0.1) is 0 Å². The van der Waals surface area contributed by atoms with Crippen molar-refractivity contribution in [2.45, 2.75) is 92.5 Å². The van der Waals surface area contributed by atoms with E-state index in [4.69, 9.17) is 0 Å². The molecule has 2 heterocycles. The van der Waals surface area contributed by atoms with Gasteiger partial charge in [0.05, 0.1) is 16.8 Å². The van der Waals surface area contributed by atoms with Gasteiger partial charge in [0.15, 0.2) is 0 Å². The van der Waals surface area contributed by atoms with Gasteiger partial charge in [0.25, 0.3) is 0 Å². The number of rotatable bonds is 3. The highest BCUT2D eigenvalue weighted by Gasteiger charge is 2.33. The fourth-order valence-electron chi connectivity index (χ4n) is 5.20. The summed E-state index contributed by atoms with van der Waals surface area (Å²) in [6.45, 7) is 12.3. The largest absolute Gasteiger partial charge is 0.478 e. The molecule has 4 rings (SSSR count). The molecule has 1 aromatic heterocycles. The molecule has 2 aliphatic rings. The molecular formula is C29H42N2O3. The maximum Gasteiger partial charge on any atom is 0.335 e. The number of carbonyl (C=O) groups is 2. The van der Waals surface area contributed by atoms with Gasteiger partial charge < -0.3 is 14.6 Å². The molecular weight excluding hydrogens is 424 g/mol. The van der Waals surface area contributed by atoms with Crippen LogP contribution in [0.25, 0.3) is 16.5 Å². The van der Waals surface area contributed by atoms with Crippen LogP contribution in [0.2, 0.25) is 0 Å². The zero-order valence-electron chi connectivity index (χ0n) is 22.1. The number of aromatic carboxylic acids is 1. The number of nitrogens with zero attached hydrogens (tertiary/aromatic N) is 2.